The SMILES string of the molecule is CN(C(=O)OC(C)(C)C)C(C)(C=O)c1cc(C(F)(F)F)ccc1F. The molecule has 0 saturated carbocycles. The first-order valence-electron chi connectivity index (χ1n) is 7.03. The molecule has 0 bridgehead atoms. The molecular formula is C16H19F4NO3. The van der Waals surface area contributed by atoms with Crippen molar-refractivity contribution < 1.29 is 31.9 Å². The van der Waals surface area contributed by atoms with E-state index in [2.05, 4.69) is 0 Å². The van der Waals surface area contributed by atoms with E-state index in [4.69, 9.17) is 4.74 Å². The van der Waals surface area contributed by atoms with Gasteiger partial charge in [0.05, 0.1) is 5.56 Å². The highest BCUT2D eigenvalue weighted by atomic mass is 19.4. The third-order valence-electron chi connectivity index (χ3n) is 3.43. The van der Waals surface area contributed by atoms with Crippen molar-refractivity contribution in [2.45, 2.75) is 45.0 Å². The van der Waals surface area contributed by atoms with Crippen molar-refractivity contribution in [2.75, 3.05) is 7.05 Å². The van der Waals surface area contributed by atoms with Crippen LogP contribution in [0.1, 0.15) is 38.8 Å². The Bertz CT molecular complexity index is 637. The molecule has 4 nitrogen and oxygen atoms in total. The van der Waals surface area contributed by atoms with E-state index in [1.165, 1.54) is 0 Å². The van der Waals surface area contributed by atoms with E-state index in [0.29, 0.717) is 18.2 Å². The fourth-order valence-electron chi connectivity index (χ4n) is 1.93. The molecule has 0 aliphatic carbocycles. The maximum absolute atomic E-state index is 14.1. The molecule has 1 amide bonds. The van der Waals surface area contributed by atoms with Crippen molar-refractivity contribution in [1.29, 1.82) is 0 Å². The normalized spacial score (nSPS) is 14.7. The summed E-state index contributed by atoms with van der Waals surface area (Å²) >= 11 is 0. The maximum atomic E-state index is 14.1. The van der Waals surface area contributed by atoms with Gasteiger partial charge in [-0.2, -0.15) is 13.2 Å². The largest absolute Gasteiger partial charge is 0.444 e. The summed E-state index contributed by atoms with van der Waals surface area (Å²) in [7, 11) is 1.15. The van der Waals surface area contributed by atoms with Crippen LogP contribution in [-0.4, -0.2) is 29.9 Å². The summed E-state index contributed by atoms with van der Waals surface area (Å²) in [5.74, 6) is -1.03. The summed E-state index contributed by atoms with van der Waals surface area (Å²) in [4.78, 5) is 24.5. The Kier molecular flexibility index (Phi) is 5.32. The zero-order chi connectivity index (χ0) is 18.9. The van der Waals surface area contributed by atoms with Gasteiger partial charge in [0.2, 0.25) is 0 Å². The van der Waals surface area contributed by atoms with E-state index in [1.54, 1.807) is 20.8 Å². The number of rotatable bonds is 3. The first-order valence-corrected chi connectivity index (χ1v) is 7.03. The summed E-state index contributed by atoms with van der Waals surface area (Å²) < 4.78 is 57.8. The van der Waals surface area contributed by atoms with Crippen molar-refractivity contribution in [3.8, 4) is 0 Å². The number of nitrogens with zero attached hydrogens (tertiary/aromatic N) is 1. The van der Waals surface area contributed by atoms with Gasteiger partial charge in [0.1, 0.15) is 23.2 Å². The second kappa shape index (κ2) is 6.41. The molecule has 1 aromatic rings. The Morgan fingerprint density at radius 1 is 1.17 bits per heavy atom. The van der Waals surface area contributed by atoms with Crippen LogP contribution in [0.25, 0.3) is 0 Å². The molecule has 1 aromatic carbocycles. The fraction of sp³-hybridized carbons (Fsp3) is 0.500. The Labute approximate surface area is 137 Å². The second-order valence-corrected chi connectivity index (χ2v) is 6.50. The highest BCUT2D eigenvalue weighted by Crippen LogP contribution is 2.35. The minimum atomic E-state index is -4.71. The molecule has 0 aliphatic rings. The molecule has 0 spiro atoms. The first kappa shape index (κ1) is 19.9. The highest BCUT2D eigenvalue weighted by Gasteiger charge is 2.41. The van der Waals surface area contributed by atoms with Gasteiger partial charge in [-0.05, 0) is 45.9 Å². The number of alkyl halides is 3. The molecule has 0 aliphatic heterocycles. The van der Waals surface area contributed by atoms with Crippen molar-refractivity contribution in [2.24, 2.45) is 0 Å². The Morgan fingerprint density at radius 3 is 2.12 bits per heavy atom. The highest BCUT2D eigenvalue weighted by molar-refractivity contribution is 5.78. The van der Waals surface area contributed by atoms with Crippen LogP contribution >= 0.6 is 0 Å². The van der Waals surface area contributed by atoms with E-state index in [9.17, 15) is 27.2 Å². The van der Waals surface area contributed by atoms with Crippen LogP contribution in [-0.2, 0) is 21.2 Å². The van der Waals surface area contributed by atoms with Crippen molar-refractivity contribution in [3.63, 3.8) is 0 Å². The number of ether oxygens (including phenoxy) is 1. The van der Waals surface area contributed by atoms with Crippen molar-refractivity contribution in [3.05, 3.63) is 35.1 Å². The summed E-state index contributed by atoms with van der Waals surface area (Å²) in [6.45, 7) is 5.90. The number of hydrogen-bond donors (Lipinski definition) is 0. The molecule has 1 rings (SSSR count). The third kappa shape index (κ3) is 4.24. The average molecular weight is 349 g/mol. The van der Waals surface area contributed by atoms with Gasteiger partial charge in [-0.3, -0.25) is 4.90 Å². The van der Waals surface area contributed by atoms with Crippen LogP contribution in [0.5, 0.6) is 0 Å². The Hall–Kier alpha value is -2.12. The van der Waals surface area contributed by atoms with E-state index in [0.717, 1.165) is 18.9 Å². The minimum absolute atomic E-state index is 0.204. The summed E-state index contributed by atoms with van der Waals surface area (Å²) in [5.41, 5.74) is -4.54. The summed E-state index contributed by atoms with van der Waals surface area (Å²) in [6.07, 6.45) is -5.47. The minimum Gasteiger partial charge on any atom is -0.444 e. The van der Waals surface area contributed by atoms with Gasteiger partial charge < -0.3 is 9.53 Å². The quantitative estimate of drug-likeness (QED) is 0.609. The van der Waals surface area contributed by atoms with E-state index in [1.807, 2.05) is 0 Å². The van der Waals surface area contributed by atoms with Gasteiger partial charge >= 0.3 is 12.3 Å². The van der Waals surface area contributed by atoms with Crippen LogP contribution < -0.4 is 0 Å². The maximum Gasteiger partial charge on any atom is 0.416 e. The first-order chi connectivity index (χ1) is 10.7. The zero-order valence-corrected chi connectivity index (χ0v) is 14.0. The lowest BCUT2D eigenvalue weighted by molar-refractivity contribution is -0.137. The van der Waals surface area contributed by atoms with Crippen LogP contribution in [0.15, 0.2) is 18.2 Å². The number of hydrogen-bond acceptors (Lipinski definition) is 3. The van der Waals surface area contributed by atoms with Gasteiger partial charge in [0.25, 0.3) is 0 Å². The number of likely N-dealkylation sites (N-methyl/N-ethyl adjacent to an activating group) is 1. The van der Waals surface area contributed by atoms with Gasteiger partial charge in [-0.15, -0.1) is 0 Å². The third-order valence-corrected chi connectivity index (χ3v) is 3.43. The fourth-order valence-corrected chi connectivity index (χ4v) is 1.93. The van der Waals surface area contributed by atoms with Crippen molar-refractivity contribution >= 4 is 12.4 Å². The van der Waals surface area contributed by atoms with Crippen molar-refractivity contribution in [1.82, 2.24) is 4.90 Å². The van der Waals surface area contributed by atoms with Gasteiger partial charge in [-0.1, -0.05) is 0 Å². The van der Waals surface area contributed by atoms with Gasteiger partial charge in [0.15, 0.2) is 0 Å². The molecule has 0 saturated heterocycles. The lowest BCUT2D eigenvalue weighted by Crippen LogP contribution is -2.48. The Morgan fingerprint density at radius 2 is 1.71 bits per heavy atom. The number of halogens is 4. The molecule has 24 heavy (non-hydrogen) atoms. The van der Waals surface area contributed by atoms with Crippen LogP contribution in [0.4, 0.5) is 22.4 Å². The number of amides is 1. The summed E-state index contributed by atoms with van der Waals surface area (Å²) in [6, 6.07) is 1.70. The van der Waals surface area contributed by atoms with E-state index in [-0.39, 0.29) is 6.29 Å². The molecule has 8 heteroatoms. The molecule has 134 valence electrons. The average Bonchev–Trinajstić information content (AvgIpc) is 2.43. The molecular weight excluding hydrogens is 330 g/mol. The second-order valence-electron chi connectivity index (χ2n) is 6.50. The molecule has 0 aromatic heterocycles. The number of carbonyl (C=O) groups excluding carboxylic acids is 2. The number of benzene rings is 1. The summed E-state index contributed by atoms with van der Waals surface area (Å²) in [5, 5.41) is 0. The monoisotopic (exact) mass is 349 g/mol. The molecule has 0 heterocycles. The topological polar surface area (TPSA) is 46.6 Å². The lowest BCUT2D eigenvalue weighted by atomic mass is 9.90. The van der Waals surface area contributed by atoms with Crippen LogP contribution in [0.3, 0.4) is 0 Å². The predicted octanol–water partition coefficient (Wildman–Crippen LogP) is 4.13. The molecule has 0 radical (unpaired) electrons. The standard InChI is InChI=1S/C16H19F4NO3/c1-14(2,3)24-13(23)21(5)15(4,9-22)11-8-10(16(18,19)20)6-7-12(11)17/h6-9H,1-5H3. The molecule has 1 atom stereocenters. The van der Waals surface area contributed by atoms with Crippen LogP contribution in [0.2, 0.25) is 0 Å². The zero-order valence-electron chi connectivity index (χ0n) is 14.0. The number of aldehydes is 1. The van der Waals surface area contributed by atoms with E-state index >= 15 is 0 Å². The number of carbonyl (C=O) groups is 2. The smallest absolute Gasteiger partial charge is 0.416 e. The molecule has 0 fully saturated rings. The van der Waals surface area contributed by atoms with Gasteiger partial charge in [0, 0.05) is 12.6 Å². The molecule has 1 unspecified atom stereocenters. The van der Waals surface area contributed by atoms with Gasteiger partial charge in [-0.25, -0.2) is 9.18 Å². The molecule has 0 N–H and O–H groups in total. The van der Waals surface area contributed by atoms with E-state index < -0.39 is 40.4 Å². The predicted molar refractivity (Wildman–Crippen MR) is 78.8 cm³/mol. The van der Waals surface area contributed by atoms with Crippen LogP contribution in [0, 0.1) is 5.82 Å². The Balaban J connectivity index is 3.38. The lowest BCUT2D eigenvalue weighted by Gasteiger charge is -2.36.